The van der Waals surface area contributed by atoms with E-state index in [1.807, 2.05) is 0 Å². The first kappa shape index (κ1) is 78.7. The van der Waals surface area contributed by atoms with Gasteiger partial charge in [-0.3, -0.25) is 9.59 Å². The maximum Gasteiger partial charge on any atom is 0.508 e. The first-order valence-electron chi connectivity index (χ1n) is 34.8. The van der Waals surface area contributed by atoms with Gasteiger partial charge in [-0.25, -0.2) is 14.4 Å². The molecule has 0 bridgehead atoms. The van der Waals surface area contributed by atoms with Crippen LogP contribution in [0.2, 0.25) is 0 Å². The van der Waals surface area contributed by atoms with Gasteiger partial charge in [-0.1, -0.05) is 222 Å². The van der Waals surface area contributed by atoms with Gasteiger partial charge in [0, 0.05) is 19.6 Å². The van der Waals surface area contributed by atoms with Gasteiger partial charge in [-0.05, 0) is 109 Å². The van der Waals surface area contributed by atoms with Gasteiger partial charge in [0.1, 0.15) is 32.0 Å². The molecule has 0 aliphatic carbocycles. The zero-order chi connectivity index (χ0) is 60.4. The number of carbonyl (C=O) groups excluding carboxylic acids is 5. The molecular weight excluding hydrogens is 1030 g/mol. The van der Waals surface area contributed by atoms with Gasteiger partial charge < -0.3 is 44.0 Å². The number of carbonyl (C=O) groups is 5. The van der Waals surface area contributed by atoms with Gasteiger partial charge in [0.25, 0.3) is 0 Å². The molecule has 0 saturated heterocycles. The van der Waals surface area contributed by atoms with Crippen molar-refractivity contribution in [3.05, 3.63) is 0 Å². The van der Waals surface area contributed by atoms with Gasteiger partial charge in [-0.2, -0.15) is 0 Å². The predicted molar refractivity (Wildman–Crippen MR) is 337 cm³/mol. The first-order valence-corrected chi connectivity index (χ1v) is 34.8. The highest BCUT2D eigenvalue weighted by Gasteiger charge is 2.24. The molecule has 0 aliphatic heterocycles. The number of ether oxygens (including phenoxy) is 6. The smallest absolute Gasteiger partial charge is 0.462 e. The summed E-state index contributed by atoms with van der Waals surface area (Å²) >= 11 is 0. The van der Waals surface area contributed by atoms with E-state index < -0.39 is 24.3 Å². The Bertz CT molecular complexity index is 1350. The van der Waals surface area contributed by atoms with Crippen LogP contribution in [0.25, 0.3) is 0 Å². The number of nitrogens with zero attached hydrogens (tertiary/aromatic N) is 1. The van der Waals surface area contributed by atoms with Crippen molar-refractivity contribution >= 4 is 30.3 Å². The minimum atomic E-state index is -0.824. The number of esters is 2. The van der Waals surface area contributed by atoms with Crippen LogP contribution in [0.3, 0.4) is 0 Å². The van der Waals surface area contributed by atoms with E-state index in [2.05, 4.69) is 70.9 Å². The van der Waals surface area contributed by atoms with E-state index in [0.29, 0.717) is 19.5 Å². The monoisotopic (exact) mass is 1170 g/mol. The second-order valence-electron chi connectivity index (χ2n) is 23.7. The number of hydrogen-bond acceptors (Lipinski definition) is 12. The van der Waals surface area contributed by atoms with E-state index in [4.69, 9.17) is 28.4 Å². The molecule has 0 aromatic rings. The molecule has 0 spiro atoms. The summed E-state index contributed by atoms with van der Waals surface area (Å²) in [6.45, 7) is 20.6. The number of amides is 2. The van der Waals surface area contributed by atoms with Gasteiger partial charge in [0.2, 0.25) is 0 Å². The molecule has 0 radical (unpaired) electrons. The zero-order valence-corrected chi connectivity index (χ0v) is 54.7. The van der Waals surface area contributed by atoms with Crippen molar-refractivity contribution in [1.82, 2.24) is 15.5 Å². The lowest BCUT2D eigenvalue weighted by Crippen LogP contribution is -2.33. The molecule has 2 atom stereocenters. The molecule has 14 heteroatoms. The minimum Gasteiger partial charge on any atom is -0.462 e. The van der Waals surface area contributed by atoms with Crippen molar-refractivity contribution in [3.8, 4) is 0 Å². The number of rotatable bonds is 60. The van der Waals surface area contributed by atoms with Crippen LogP contribution in [0.15, 0.2) is 0 Å². The van der Waals surface area contributed by atoms with Crippen LogP contribution >= 0.6 is 0 Å². The molecule has 2 amide bonds. The Morgan fingerprint density at radius 3 is 1.01 bits per heavy atom. The van der Waals surface area contributed by atoms with Crippen LogP contribution in [-0.4, -0.2) is 107 Å². The lowest BCUT2D eigenvalue weighted by Gasteiger charge is -2.22. The Morgan fingerprint density at radius 1 is 0.354 bits per heavy atom. The highest BCUT2D eigenvalue weighted by molar-refractivity contribution is 5.73. The van der Waals surface area contributed by atoms with Crippen molar-refractivity contribution in [2.75, 3.05) is 59.2 Å². The Morgan fingerprint density at radius 2 is 0.671 bits per heavy atom. The zero-order valence-electron chi connectivity index (χ0n) is 54.7. The third kappa shape index (κ3) is 49.0. The summed E-state index contributed by atoms with van der Waals surface area (Å²) < 4.78 is 34.1. The Labute approximate surface area is 504 Å². The Hall–Kier alpha value is -3.29. The molecule has 0 heterocycles. The fourth-order valence-electron chi connectivity index (χ4n) is 10.6. The summed E-state index contributed by atoms with van der Waals surface area (Å²) in [6, 6.07) is 0. The van der Waals surface area contributed by atoms with Crippen LogP contribution in [0, 0.1) is 17.8 Å². The van der Waals surface area contributed by atoms with E-state index in [1.165, 1.54) is 128 Å². The van der Waals surface area contributed by atoms with Gasteiger partial charge in [-0.15, -0.1) is 0 Å². The van der Waals surface area contributed by atoms with E-state index in [9.17, 15) is 24.0 Å². The summed E-state index contributed by atoms with van der Waals surface area (Å²) in [7, 11) is 0. The molecule has 0 fully saturated rings. The minimum absolute atomic E-state index is 0.0221. The quantitative estimate of drug-likeness (QED) is 0.0336. The standard InChI is InChI=1S/C68H131N3O11/c1-9-17-21-25-29-39-48-62(49-40-30-26-22-18-10-2)81-64(72)60(13-5)46-37-33-35-43-52-69-66(74)78-56-59(58-80-68(76)77-55-45-54-71(15-7)16-8)57-79-67(75)70-53-44-36-34-38-47-61(14-6)65(73)82-63(50-41-31-27-23-19-11-3)51-42-32-28-24-20-12-4/h59-63H,9-58H2,1-8H3,(H,69,74)(H,70,75). The number of hydrogen-bond donors (Lipinski definition) is 2. The summed E-state index contributed by atoms with van der Waals surface area (Å²) in [5.74, 6) is -0.863. The van der Waals surface area contributed by atoms with E-state index in [1.54, 1.807) is 0 Å². The molecule has 82 heavy (non-hydrogen) atoms. The largest absolute Gasteiger partial charge is 0.508 e. The van der Waals surface area contributed by atoms with Gasteiger partial charge in [0.15, 0.2) is 0 Å². The molecule has 0 aromatic carbocycles. The van der Waals surface area contributed by atoms with Crippen molar-refractivity contribution in [1.29, 1.82) is 0 Å². The molecule has 0 aliphatic rings. The molecule has 0 saturated carbocycles. The van der Waals surface area contributed by atoms with E-state index in [0.717, 1.165) is 148 Å². The van der Waals surface area contributed by atoms with Crippen molar-refractivity contribution in [2.45, 2.75) is 331 Å². The number of unbranched alkanes of at least 4 members (excludes halogenated alkanes) is 26. The molecular formula is C68H131N3O11. The molecule has 0 aromatic heterocycles. The maximum absolute atomic E-state index is 13.4. The van der Waals surface area contributed by atoms with Crippen LogP contribution in [-0.2, 0) is 38.0 Å². The molecule has 2 unspecified atom stereocenters. The maximum atomic E-state index is 13.4. The fraction of sp³-hybridized carbons (Fsp3) is 0.926. The summed E-state index contributed by atoms with van der Waals surface area (Å²) in [5.41, 5.74) is 0. The van der Waals surface area contributed by atoms with Crippen LogP contribution in [0.1, 0.15) is 319 Å². The lowest BCUT2D eigenvalue weighted by molar-refractivity contribution is -0.156. The average Bonchev–Trinajstić information content (AvgIpc) is 3.48. The molecule has 14 nitrogen and oxygen atoms in total. The Balaban J connectivity index is 4.96. The molecule has 0 rings (SSSR count). The van der Waals surface area contributed by atoms with Gasteiger partial charge in [0.05, 0.1) is 24.4 Å². The number of alkyl carbamates (subject to hydrolysis) is 2. The van der Waals surface area contributed by atoms with Crippen molar-refractivity contribution < 1.29 is 52.4 Å². The summed E-state index contributed by atoms with van der Waals surface area (Å²) in [5, 5.41) is 5.63. The average molecular weight is 1170 g/mol. The van der Waals surface area contributed by atoms with Crippen molar-refractivity contribution in [3.63, 3.8) is 0 Å². The summed E-state index contributed by atoms with van der Waals surface area (Å²) in [4.78, 5) is 67.1. The second kappa shape index (κ2) is 59.4. The SMILES string of the molecule is CCCCCCCCC(CCCCCCCC)OC(=O)C(CC)CCCCCCNC(=O)OCC(COC(=O)NCCCCCCC(CC)C(=O)OC(CCCCCCCC)CCCCCCCC)COC(=O)OCCCN(CC)CC. The fourth-order valence-corrected chi connectivity index (χ4v) is 10.6. The Kier molecular flexibility index (Phi) is 57.1. The highest BCUT2D eigenvalue weighted by Crippen LogP contribution is 2.24. The predicted octanol–water partition coefficient (Wildman–Crippen LogP) is 18.7. The topological polar surface area (TPSA) is 168 Å². The molecule has 2 N–H and O–H groups in total. The van der Waals surface area contributed by atoms with Crippen LogP contribution in [0.4, 0.5) is 14.4 Å². The normalized spacial score (nSPS) is 12.6. The van der Waals surface area contributed by atoms with Crippen LogP contribution < -0.4 is 10.6 Å². The van der Waals surface area contributed by atoms with E-state index in [-0.39, 0.29) is 62.4 Å². The second-order valence-corrected chi connectivity index (χ2v) is 23.7. The first-order chi connectivity index (χ1) is 40.0. The number of nitrogens with one attached hydrogen (secondary N) is 2. The van der Waals surface area contributed by atoms with Gasteiger partial charge >= 0.3 is 30.3 Å². The third-order valence-electron chi connectivity index (χ3n) is 16.3. The molecule has 484 valence electrons. The van der Waals surface area contributed by atoms with Crippen molar-refractivity contribution in [2.24, 2.45) is 17.8 Å². The van der Waals surface area contributed by atoms with E-state index >= 15 is 0 Å². The van der Waals surface area contributed by atoms with Crippen LogP contribution in [0.5, 0.6) is 0 Å². The lowest BCUT2D eigenvalue weighted by atomic mass is 9.97. The third-order valence-corrected chi connectivity index (χ3v) is 16.3. The highest BCUT2D eigenvalue weighted by atomic mass is 16.7. The summed E-state index contributed by atoms with van der Waals surface area (Å²) in [6.07, 6.45) is 42.4.